The molecule has 0 N–H and O–H groups in total. The molecule has 5 rings (SSSR count). The summed E-state index contributed by atoms with van der Waals surface area (Å²) in [6.07, 6.45) is 4.58. The number of methoxy groups -OCH3 is 2. The van der Waals surface area contributed by atoms with E-state index in [2.05, 4.69) is 51.4 Å². The van der Waals surface area contributed by atoms with Gasteiger partial charge in [-0.05, 0) is 36.6 Å². The van der Waals surface area contributed by atoms with E-state index in [1.807, 2.05) is 18.2 Å². The van der Waals surface area contributed by atoms with Crippen LogP contribution in [0.25, 0.3) is 28.1 Å². The molecule has 0 aliphatic heterocycles. The van der Waals surface area contributed by atoms with Gasteiger partial charge in [-0.15, -0.1) is 0 Å². The first-order chi connectivity index (χ1) is 18.0. The van der Waals surface area contributed by atoms with Crippen molar-refractivity contribution in [3.8, 4) is 28.7 Å². The topological polar surface area (TPSA) is 106 Å². The van der Waals surface area contributed by atoms with E-state index < -0.39 is 5.97 Å². The molecular weight excluding hydrogens is 472 g/mol. The number of hydrogen-bond acceptors (Lipinski definition) is 8. The van der Waals surface area contributed by atoms with Crippen LogP contribution < -0.4 is 9.47 Å². The van der Waals surface area contributed by atoms with Crippen molar-refractivity contribution in [1.29, 1.82) is 0 Å². The standard InChI is InChI=1S/C27H26N6O4/c1-5-37-26(34)19-13-28-33(16-19)27-30-22-14-29-32(24(22)25(31-27)36-4)15-18-10-11-21(23(12-18)35-3)20-9-7-6-8-17(20)2/h6-14,16H,5,15H2,1-4H3. The van der Waals surface area contributed by atoms with Crippen LogP contribution in [0.2, 0.25) is 0 Å². The fourth-order valence-electron chi connectivity index (χ4n) is 4.17. The summed E-state index contributed by atoms with van der Waals surface area (Å²) in [7, 11) is 3.21. The highest BCUT2D eigenvalue weighted by Gasteiger charge is 2.18. The molecule has 0 saturated carbocycles. The van der Waals surface area contributed by atoms with Crippen LogP contribution in [0.3, 0.4) is 0 Å². The first-order valence-electron chi connectivity index (χ1n) is 11.7. The van der Waals surface area contributed by atoms with Crippen molar-refractivity contribution in [2.45, 2.75) is 20.4 Å². The lowest BCUT2D eigenvalue weighted by Crippen LogP contribution is -2.07. The Hall–Kier alpha value is -4.73. The Balaban J connectivity index is 1.48. The molecule has 0 fully saturated rings. The van der Waals surface area contributed by atoms with Crippen LogP contribution in [0.4, 0.5) is 0 Å². The third kappa shape index (κ3) is 4.61. The smallest absolute Gasteiger partial charge is 0.341 e. The molecule has 10 heteroatoms. The molecule has 3 heterocycles. The average Bonchev–Trinajstić information content (AvgIpc) is 3.57. The lowest BCUT2D eigenvalue weighted by Gasteiger charge is -2.13. The van der Waals surface area contributed by atoms with Crippen LogP contribution in [-0.2, 0) is 11.3 Å². The Morgan fingerprint density at radius 1 is 0.973 bits per heavy atom. The maximum Gasteiger partial charge on any atom is 0.341 e. The molecule has 188 valence electrons. The minimum atomic E-state index is -0.460. The molecule has 0 spiro atoms. The molecule has 2 aromatic carbocycles. The number of nitrogens with zero attached hydrogens (tertiary/aromatic N) is 6. The lowest BCUT2D eigenvalue weighted by atomic mass is 9.98. The number of aryl methyl sites for hydroxylation is 1. The number of ether oxygens (including phenoxy) is 3. The number of hydrogen-bond donors (Lipinski definition) is 0. The van der Waals surface area contributed by atoms with E-state index in [0.717, 1.165) is 22.4 Å². The van der Waals surface area contributed by atoms with Gasteiger partial charge >= 0.3 is 5.97 Å². The molecule has 0 aliphatic carbocycles. The van der Waals surface area contributed by atoms with Crippen molar-refractivity contribution in [3.63, 3.8) is 0 Å². The van der Waals surface area contributed by atoms with Crippen LogP contribution in [0.5, 0.6) is 11.6 Å². The molecule has 0 atom stereocenters. The predicted octanol–water partition coefficient (Wildman–Crippen LogP) is 4.23. The monoisotopic (exact) mass is 498 g/mol. The molecule has 0 unspecified atom stereocenters. The Morgan fingerprint density at radius 3 is 2.57 bits per heavy atom. The molecule has 5 aromatic rings. The first-order valence-corrected chi connectivity index (χ1v) is 11.7. The van der Waals surface area contributed by atoms with Gasteiger partial charge < -0.3 is 14.2 Å². The van der Waals surface area contributed by atoms with Crippen molar-refractivity contribution in [2.24, 2.45) is 0 Å². The normalized spacial score (nSPS) is 11.0. The van der Waals surface area contributed by atoms with Crippen LogP contribution in [0.1, 0.15) is 28.4 Å². The summed E-state index contributed by atoms with van der Waals surface area (Å²) >= 11 is 0. The predicted molar refractivity (Wildman–Crippen MR) is 137 cm³/mol. The second-order valence-corrected chi connectivity index (χ2v) is 8.31. The molecule has 10 nitrogen and oxygen atoms in total. The minimum Gasteiger partial charge on any atom is -0.496 e. The zero-order valence-electron chi connectivity index (χ0n) is 21.0. The van der Waals surface area contributed by atoms with Gasteiger partial charge in [0.1, 0.15) is 16.8 Å². The van der Waals surface area contributed by atoms with Crippen LogP contribution in [-0.4, -0.2) is 56.3 Å². The van der Waals surface area contributed by atoms with Crippen molar-refractivity contribution < 1.29 is 19.0 Å². The zero-order chi connectivity index (χ0) is 25.9. The third-order valence-corrected chi connectivity index (χ3v) is 5.97. The molecule has 0 bridgehead atoms. The summed E-state index contributed by atoms with van der Waals surface area (Å²) in [5.74, 6) is 0.918. The summed E-state index contributed by atoms with van der Waals surface area (Å²) in [6.45, 7) is 4.57. The SMILES string of the molecule is CCOC(=O)c1cnn(-c2nc(OC)c3c(cnn3Cc3ccc(-c4ccccc4C)c(OC)c3)n2)c1. The highest BCUT2D eigenvalue weighted by molar-refractivity contribution is 5.89. The van der Waals surface area contributed by atoms with E-state index in [-0.39, 0.29) is 12.6 Å². The molecule has 0 radical (unpaired) electrons. The van der Waals surface area contributed by atoms with Gasteiger partial charge in [-0.3, -0.25) is 4.68 Å². The molecular formula is C27H26N6O4. The van der Waals surface area contributed by atoms with Crippen molar-refractivity contribution in [1.82, 2.24) is 29.5 Å². The van der Waals surface area contributed by atoms with Gasteiger partial charge in [0.15, 0.2) is 0 Å². The third-order valence-electron chi connectivity index (χ3n) is 5.97. The molecule has 0 saturated heterocycles. The van der Waals surface area contributed by atoms with E-state index >= 15 is 0 Å². The Kier molecular flexibility index (Phi) is 6.55. The van der Waals surface area contributed by atoms with Crippen molar-refractivity contribution in [2.75, 3.05) is 20.8 Å². The molecule has 37 heavy (non-hydrogen) atoms. The Labute approximate surface area is 213 Å². The van der Waals surface area contributed by atoms with Crippen LogP contribution in [0.15, 0.2) is 61.1 Å². The van der Waals surface area contributed by atoms with Gasteiger partial charge in [-0.1, -0.05) is 36.4 Å². The second kappa shape index (κ2) is 10.1. The summed E-state index contributed by atoms with van der Waals surface area (Å²) in [6, 6.07) is 14.3. The van der Waals surface area contributed by atoms with Crippen molar-refractivity contribution >= 4 is 17.0 Å². The van der Waals surface area contributed by atoms with E-state index in [4.69, 9.17) is 14.2 Å². The van der Waals surface area contributed by atoms with E-state index in [9.17, 15) is 4.79 Å². The molecule has 0 aliphatic rings. The largest absolute Gasteiger partial charge is 0.496 e. The minimum absolute atomic E-state index is 0.253. The van der Waals surface area contributed by atoms with Gasteiger partial charge in [0, 0.05) is 11.8 Å². The quantitative estimate of drug-likeness (QED) is 0.293. The van der Waals surface area contributed by atoms with E-state index in [1.54, 1.807) is 24.9 Å². The zero-order valence-corrected chi connectivity index (χ0v) is 21.0. The number of rotatable bonds is 8. The van der Waals surface area contributed by atoms with Gasteiger partial charge in [-0.2, -0.15) is 15.2 Å². The number of fused-ring (bicyclic) bond motifs is 1. The number of carbonyl (C=O) groups is 1. The molecule has 0 amide bonds. The maximum absolute atomic E-state index is 12.0. The number of esters is 1. The average molecular weight is 499 g/mol. The summed E-state index contributed by atoms with van der Waals surface area (Å²) in [5, 5.41) is 8.73. The van der Waals surface area contributed by atoms with Crippen LogP contribution >= 0.6 is 0 Å². The fourth-order valence-corrected chi connectivity index (χ4v) is 4.17. The van der Waals surface area contributed by atoms with Gasteiger partial charge in [0.2, 0.25) is 5.88 Å². The Morgan fingerprint density at radius 2 is 1.81 bits per heavy atom. The number of carbonyl (C=O) groups excluding carboxylic acids is 1. The second-order valence-electron chi connectivity index (χ2n) is 8.31. The number of aromatic nitrogens is 6. The lowest BCUT2D eigenvalue weighted by molar-refractivity contribution is 0.0526. The highest BCUT2D eigenvalue weighted by Crippen LogP contribution is 2.33. The summed E-state index contributed by atoms with van der Waals surface area (Å²) in [4.78, 5) is 21.1. The van der Waals surface area contributed by atoms with Gasteiger partial charge in [-0.25, -0.2) is 14.5 Å². The fraction of sp³-hybridized carbons (Fsp3) is 0.222. The summed E-state index contributed by atoms with van der Waals surface area (Å²) in [5.41, 5.74) is 5.87. The van der Waals surface area contributed by atoms with Gasteiger partial charge in [0.25, 0.3) is 5.95 Å². The van der Waals surface area contributed by atoms with Gasteiger partial charge in [0.05, 0.1) is 45.3 Å². The van der Waals surface area contributed by atoms with E-state index in [0.29, 0.717) is 29.0 Å². The number of benzene rings is 2. The highest BCUT2D eigenvalue weighted by atomic mass is 16.5. The van der Waals surface area contributed by atoms with Crippen molar-refractivity contribution in [3.05, 3.63) is 77.7 Å². The first kappa shape index (κ1) is 24.0. The molecule has 3 aromatic heterocycles. The summed E-state index contributed by atoms with van der Waals surface area (Å²) < 4.78 is 19.5. The van der Waals surface area contributed by atoms with E-state index in [1.165, 1.54) is 29.7 Å². The van der Waals surface area contributed by atoms with Crippen LogP contribution in [0, 0.1) is 6.92 Å². The maximum atomic E-state index is 12.0. The Bertz CT molecular complexity index is 1590.